The van der Waals surface area contributed by atoms with Crippen molar-refractivity contribution >= 4 is 41.5 Å². The minimum atomic E-state index is -1.03. The summed E-state index contributed by atoms with van der Waals surface area (Å²) in [6.07, 6.45) is 2.52. The van der Waals surface area contributed by atoms with Crippen molar-refractivity contribution in [2.45, 2.75) is 73.3 Å². The van der Waals surface area contributed by atoms with Crippen molar-refractivity contribution in [3.05, 3.63) is 0 Å². The average molecular weight is 762 g/mol. The Morgan fingerprint density at radius 3 is 1.23 bits per heavy atom. The van der Waals surface area contributed by atoms with Crippen LogP contribution in [0.15, 0.2) is 0 Å². The molecule has 2 aliphatic heterocycles. The summed E-state index contributed by atoms with van der Waals surface area (Å²) in [4.78, 5) is 89.5. The molecule has 2 amide bonds. The number of likely N-dealkylation sites (tertiary alicyclic amines) is 1. The fourth-order valence-electron chi connectivity index (χ4n) is 5.57. The number of hydrogen-bond donors (Lipinski definition) is 6. The van der Waals surface area contributed by atoms with Crippen LogP contribution in [-0.4, -0.2) is 198 Å². The molecule has 0 saturated carbocycles. The molecule has 0 aromatic carbocycles. The number of likely N-dealkylation sites (N-methyl/N-ethyl adjacent to an activating group) is 1. The van der Waals surface area contributed by atoms with Crippen molar-refractivity contribution in [2.24, 2.45) is 5.92 Å². The van der Waals surface area contributed by atoms with E-state index in [2.05, 4.69) is 10.6 Å². The number of nitrogens with zero attached hydrogens (tertiary/aromatic N) is 5. The van der Waals surface area contributed by atoms with Crippen LogP contribution >= 0.6 is 0 Å². The lowest BCUT2D eigenvalue weighted by Crippen LogP contribution is -2.50. The van der Waals surface area contributed by atoms with Crippen LogP contribution in [0.2, 0.25) is 0 Å². The molecule has 0 aliphatic carbocycles. The van der Waals surface area contributed by atoms with E-state index in [9.17, 15) is 48.9 Å². The van der Waals surface area contributed by atoms with Crippen LogP contribution in [0.4, 0.5) is 0 Å². The van der Waals surface area contributed by atoms with Crippen molar-refractivity contribution in [2.75, 3.05) is 105 Å². The topological polar surface area (TPSA) is 241 Å². The third kappa shape index (κ3) is 25.8. The molecule has 2 fully saturated rings. The normalized spacial score (nSPS) is 17.4. The van der Waals surface area contributed by atoms with Crippen LogP contribution in [0.25, 0.3) is 0 Å². The molecule has 2 rings (SSSR count). The number of aliphatic carboxylic acids is 4. The van der Waals surface area contributed by atoms with E-state index in [1.165, 1.54) is 0 Å². The summed E-state index contributed by atoms with van der Waals surface area (Å²) in [5, 5.41) is 41.5. The third-order valence-electron chi connectivity index (χ3n) is 8.49. The highest BCUT2D eigenvalue weighted by atomic mass is 16.4. The molecule has 2 aliphatic rings. The predicted octanol–water partition coefficient (Wildman–Crippen LogP) is -0.0829. The first kappa shape index (κ1) is 51.4. The fourth-order valence-corrected chi connectivity index (χ4v) is 5.57. The van der Waals surface area contributed by atoms with Gasteiger partial charge in [-0.25, -0.2) is 0 Å². The number of nitrogens with one attached hydrogen (secondary N) is 2. The molecule has 18 nitrogen and oxygen atoms in total. The lowest BCUT2D eigenvalue weighted by atomic mass is 9.89. The van der Waals surface area contributed by atoms with Gasteiger partial charge in [-0.1, -0.05) is 34.6 Å². The lowest BCUT2D eigenvalue weighted by Gasteiger charge is -2.33. The molecule has 2 heterocycles. The van der Waals surface area contributed by atoms with E-state index in [-0.39, 0.29) is 89.0 Å². The van der Waals surface area contributed by atoms with Crippen molar-refractivity contribution in [1.82, 2.24) is 35.1 Å². The largest absolute Gasteiger partial charge is 0.481 e. The smallest absolute Gasteiger partial charge is 0.317 e. The van der Waals surface area contributed by atoms with Gasteiger partial charge >= 0.3 is 23.9 Å². The van der Waals surface area contributed by atoms with E-state index in [1.807, 2.05) is 27.7 Å². The van der Waals surface area contributed by atoms with Crippen molar-refractivity contribution < 1.29 is 54.0 Å². The molecule has 18 heteroatoms. The van der Waals surface area contributed by atoms with Gasteiger partial charge in [-0.15, -0.1) is 0 Å². The molecule has 2 saturated heterocycles. The van der Waals surface area contributed by atoms with Crippen LogP contribution in [0.3, 0.4) is 0 Å². The first-order valence-corrected chi connectivity index (χ1v) is 18.6. The summed E-state index contributed by atoms with van der Waals surface area (Å²) in [5.41, 5.74) is 0. The van der Waals surface area contributed by atoms with Gasteiger partial charge < -0.3 is 36.0 Å². The Kier molecular flexibility index (Phi) is 29.8. The van der Waals surface area contributed by atoms with Gasteiger partial charge in [0.2, 0.25) is 11.8 Å². The Balaban J connectivity index is 0. The van der Waals surface area contributed by atoms with Gasteiger partial charge in [0.05, 0.1) is 38.8 Å². The van der Waals surface area contributed by atoms with Gasteiger partial charge in [-0.05, 0) is 39.2 Å². The van der Waals surface area contributed by atoms with Gasteiger partial charge in [-0.2, -0.15) is 0 Å². The highest BCUT2D eigenvalue weighted by Crippen LogP contribution is 2.22. The van der Waals surface area contributed by atoms with Crippen molar-refractivity contribution in [1.29, 1.82) is 0 Å². The van der Waals surface area contributed by atoms with Gasteiger partial charge in [0, 0.05) is 71.9 Å². The quantitative estimate of drug-likeness (QED) is 0.128. The molecular formula is C35H67N7O11. The number of piperidine rings is 1. The Morgan fingerprint density at radius 2 is 0.943 bits per heavy atom. The van der Waals surface area contributed by atoms with Crippen LogP contribution < -0.4 is 10.6 Å². The van der Waals surface area contributed by atoms with E-state index in [1.54, 1.807) is 45.4 Å². The highest BCUT2D eigenvalue weighted by molar-refractivity contribution is 5.85. The molecule has 1 atom stereocenters. The molecule has 0 aromatic heterocycles. The van der Waals surface area contributed by atoms with Gasteiger partial charge in [-0.3, -0.25) is 53.2 Å². The molecule has 0 bridgehead atoms. The first-order chi connectivity index (χ1) is 25.1. The SMILES string of the molecule is CC.CC.CCC(=O)O.CNC(CC1CCN(C(=O)CNC(=O)CN2CCN(CC(=O)O)CCN(CC(=O)O)CCN(CC(=O)O)CC2)CC1)C(C)=O. The lowest BCUT2D eigenvalue weighted by molar-refractivity contribution is -0.140. The van der Waals surface area contributed by atoms with Gasteiger partial charge in [0.25, 0.3) is 0 Å². The summed E-state index contributed by atoms with van der Waals surface area (Å²) < 4.78 is 0. The zero-order chi connectivity index (χ0) is 40.9. The zero-order valence-electron chi connectivity index (χ0n) is 33.0. The second-order valence-corrected chi connectivity index (χ2v) is 12.3. The molecule has 308 valence electrons. The summed E-state index contributed by atoms with van der Waals surface area (Å²) in [6, 6.07) is -0.189. The second kappa shape index (κ2) is 30.7. The first-order valence-electron chi connectivity index (χ1n) is 18.6. The Hall–Kier alpha value is -3.71. The minimum Gasteiger partial charge on any atom is -0.481 e. The number of carbonyl (C=O) groups excluding carboxylic acids is 3. The van der Waals surface area contributed by atoms with Crippen LogP contribution in [-0.2, 0) is 33.6 Å². The Labute approximate surface area is 314 Å². The maximum absolute atomic E-state index is 12.9. The maximum atomic E-state index is 12.9. The number of carbonyl (C=O) groups is 7. The standard InChI is InChI=1S/C28H49N7O9.C3H6O2.2C2H6/c1-21(36)23(29-2)15-22-3-5-35(6-4-22)25(38)16-30-24(37)17-31-7-9-32(18-26(39)40)11-13-34(20-28(43)44)14-12-33(10-8-31)19-27(41)42;1-2-3(4)5;2*1-2/h22-23,29H,3-20H2,1-2H3,(H,30,37)(H,39,40)(H,41,42)(H,43,44);2H2,1H3,(H,4,5);2*1-2H3. The maximum Gasteiger partial charge on any atom is 0.317 e. The fraction of sp³-hybridized carbons (Fsp3) is 0.800. The molecule has 53 heavy (non-hydrogen) atoms. The van der Waals surface area contributed by atoms with Crippen LogP contribution in [0, 0.1) is 5.92 Å². The summed E-state index contributed by atoms with van der Waals surface area (Å²) >= 11 is 0. The molecular weight excluding hydrogens is 694 g/mol. The predicted molar refractivity (Wildman–Crippen MR) is 200 cm³/mol. The summed E-state index contributed by atoms with van der Waals surface area (Å²) in [7, 11) is 1.77. The molecule has 1 unspecified atom stereocenters. The summed E-state index contributed by atoms with van der Waals surface area (Å²) in [6.45, 7) is 13.7. The van der Waals surface area contributed by atoms with E-state index < -0.39 is 23.9 Å². The highest BCUT2D eigenvalue weighted by Gasteiger charge is 2.27. The van der Waals surface area contributed by atoms with Crippen LogP contribution in [0.1, 0.15) is 67.2 Å². The van der Waals surface area contributed by atoms with E-state index in [0.717, 1.165) is 19.3 Å². The molecule has 6 N–H and O–H groups in total. The van der Waals surface area contributed by atoms with E-state index in [4.69, 9.17) is 5.11 Å². The van der Waals surface area contributed by atoms with E-state index >= 15 is 0 Å². The molecule has 0 aromatic rings. The average Bonchev–Trinajstić information content (AvgIpc) is 3.12. The monoisotopic (exact) mass is 761 g/mol. The van der Waals surface area contributed by atoms with Gasteiger partial charge in [0.1, 0.15) is 5.78 Å². The second-order valence-electron chi connectivity index (χ2n) is 12.3. The summed E-state index contributed by atoms with van der Waals surface area (Å²) in [5.74, 6) is -3.95. The number of rotatable bonds is 15. The van der Waals surface area contributed by atoms with Gasteiger partial charge in [0.15, 0.2) is 0 Å². The number of carboxylic acid groups (broad SMARTS) is 4. The number of hydrogen-bond acceptors (Lipinski definition) is 12. The van der Waals surface area contributed by atoms with Crippen LogP contribution in [0.5, 0.6) is 0 Å². The molecule has 0 spiro atoms. The number of amides is 2. The molecule has 0 radical (unpaired) electrons. The Bertz CT molecular complexity index is 1070. The number of ketones is 1. The number of carboxylic acids is 4. The van der Waals surface area contributed by atoms with Crippen molar-refractivity contribution in [3.8, 4) is 0 Å². The zero-order valence-corrected chi connectivity index (χ0v) is 33.0. The minimum absolute atomic E-state index is 0.0568. The van der Waals surface area contributed by atoms with Crippen molar-refractivity contribution in [3.63, 3.8) is 0 Å². The third-order valence-corrected chi connectivity index (χ3v) is 8.49. The number of Topliss-reactive ketones (excluding diaryl/α,β-unsaturated/α-hetero) is 1. The Morgan fingerprint density at radius 1 is 0.604 bits per heavy atom. The van der Waals surface area contributed by atoms with E-state index in [0.29, 0.717) is 45.2 Å².